The van der Waals surface area contributed by atoms with Crippen LogP contribution in [0.3, 0.4) is 0 Å². The van der Waals surface area contributed by atoms with Crippen molar-refractivity contribution in [3.8, 4) is 0 Å². The summed E-state index contributed by atoms with van der Waals surface area (Å²) in [5.41, 5.74) is 8.13. The molecular weight excluding hydrogens is 168 g/mol. The molecule has 5 N–H and O–H groups in total. The summed E-state index contributed by atoms with van der Waals surface area (Å²) in [4.78, 5) is 13.5. The number of amides is 1. The van der Waals surface area contributed by atoms with Gasteiger partial charge >= 0.3 is 0 Å². The first kappa shape index (κ1) is 8.93. The molecular formula is C8H16N4O. The molecule has 0 aliphatic carbocycles. The van der Waals surface area contributed by atoms with Gasteiger partial charge in [-0.3, -0.25) is 15.1 Å². The molecule has 74 valence electrons. The summed E-state index contributed by atoms with van der Waals surface area (Å²) in [6.07, 6.45) is 1.99. The standard InChI is InChI=1S/C8H16N4O/c9-6-4-12-2-1-5(6)3-7(12)8(13)11-10/h5-7H,1-4,9-10H2,(H,11,13). The van der Waals surface area contributed by atoms with E-state index in [1.54, 1.807) is 0 Å². The largest absolute Gasteiger partial charge is 0.326 e. The first-order chi connectivity index (χ1) is 6.22. The quantitative estimate of drug-likeness (QED) is 0.260. The van der Waals surface area contributed by atoms with Crippen molar-refractivity contribution >= 4 is 5.91 Å². The second-order valence-electron chi connectivity index (χ2n) is 3.97. The van der Waals surface area contributed by atoms with Gasteiger partial charge in [0.25, 0.3) is 5.91 Å². The van der Waals surface area contributed by atoms with E-state index in [-0.39, 0.29) is 18.0 Å². The fourth-order valence-electron chi connectivity index (χ4n) is 2.44. The molecule has 5 heteroatoms. The van der Waals surface area contributed by atoms with Gasteiger partial charge in [0.1, 0.15) is 0 Å². The summed E-state index contributed by atoms with van der Waals surface area (Å²) in [7, 11) is 0. The monoisotopic (exact) mass is 184 g/mol. The van der Waals surface area contributed by atoms with Gasteiger partial charge in [0.15, 0.2) is 0 Å². The van der Waals surface area contributed by atoms with Crippen LogP contribution < -0.4 is 17.0 Å². The Kier molecular flexibility index (Phi) is 2.23. The van der Waals surface area contributed by atoms with E-state index in [2.05, 4.69) is 10.3 Å². The lowest BCUT2D eigenvalue weighted by Gasteiger charge is -2.47. The minimum Gasteiger partial charge on any atom is -0.326 e. The van der Waals surface area contributed by atoms with Crippen LogP contribution in [0.25, 0.3) is 0 Å². The number of hydrazine groups is 1. The number of hydrogen-bond donors (Lipinski definition) is 3. The number of fused-ring (bicyclic) bond motifs is 3. The molecule has 5 nitrogen and oxygen atoms in total. The Labute approximate surface area is 77.4 Å². The van der Waals surface area contributed by atoms with Crippen molar-refractivity contribution in [2.75, 3.05) is 13.1 Å². The van der Waals surface area contributed by atoms with Crippen LogP contribution in [-0.2, 0) is 4.79 Å². The zero-order chi connectivity index (χ0) is 9.42. The predicted molar refractivity (Wildman–Crippen MR) is 48.4 cm³/mol. The number of nitrogens with zero attached hydrogens (tertiary/aromatic N) is 1. The number of hydrogen-bond acceptors (Lipinski definition) is 4. The van der Waals surface area contributed by atoms with E-state index in [4.69, 9.17) is 11.6 Å². The van der Waals surface area contributed by atoms with E-state index in [0.717, 1.165) is 25.9 Å². The van der Waals surface area contributed by atoms with E-state index in [1.807, 2.05) is 0 Å². The summed E-state index contributed by atoms with van der Waals surface area (Å²) in [5.74, 6) is 5.55. The highest BCUT2D eigenvalue weighted by Gasteiger charge is 2.41. The molecule has 3 fully saturated rings. The molecule has 3 aliphatic heterocycles. The molecule has 0 radical (unpaired) electrons. The predicted octanol–water partition coefficient (Wildman–Crippen LogP) is -1.60. The molecule has 13 heavy (non-hydrogen) atoms. The number of rotatable bonds is 1. The van der Waals surface area contributed by atoms with Crippen LogP contribution in [0.4, 0.5) is 0 Å². The lowest BCUT2D eigenvalue weighted by molar-refractivity contribution is -0.131. The normalized spacial score (nSPS) is 43.2. The van der Waals surface area contributed by atoms with Crippen LogP contribution in [0.1, 0.15) is 12.8 Å². The van der Waals surface area contributed by atoms with Crippen molar-refractivity contribution in [3.63, 3.8) is 0 Å². The highest BCUT2D eigenvalue weighted by molar-refractivity contribution is 5.81. The van der Waals surface area contributed by atoms with Gasteiger partial charge in [0.05, 0.1) is 6.04 Å². The summed E-state index contributed by atoms with van der Waals surface area (Å²) in [6.45, 7) is 1.82. The van der Waals surface area contributed by atoms with Gasteiger partial charge in [-0.25, -0.2) is 5.84 Å². The van der Waals surface area contributed by atoms with Gasteiger partial charge in [-0.2, -0.15) is 0 Å². The molecule has 1 amide bonds. The Bertz CT molecular complexity index is 220. The van der Waals surface area contributed by atoms with Crippen molar-refractivity contribution in [2.24, 2.45) is 17.5 Å². The maximum absolute atomic E-state index is 11.3. The Morgan fingerprint density at radius 2 is 2.31 bits per heavy atom. The highest BCUT2D eigenvalue weighted by atomic mass is 16.2. The molecule has 3 rings (SSSR count). The lowest BCUT2D eigenvalue weighted by Crippen LogP contribution is -2.63. The third-order valence-electron chi connectivity index (χ3n) is 3.25. The second kappa shape index (κ2) is 3.25. The third-order valence-corrected chi connectivity index (χ3v) is 3.25. The van der Waals surface area contributed by atoms with Crippen LogP contribution in [-0.4, -0.2) is 36.0 Å². The smallest absolute Gasteiger partial charge is 0.251 e. The van der Waals surface area contributed by atoms with Gasteiger partial charge < -0.3 is 5.73 Å². The summed E-state index contributed by atoms with van der Waals surface area (Å²) in [6, 6.07) is 0.208. The Morgan fingerprint density at radius 1 is 1.54 bits per heavy atom. The van der Waals surface area contributed by atoms with Crippen LogP contribution in [0, 0.1) is 5.92 Å². The average molecular weight is 184 g/mol. The molecule has 0 spiro atoms. The molecule has 2 bridgehead atoms. The molecule has 4 atom stereocenters. The van der Waals surface area contributed by atoms with Gasteiger partial charge in [0, 0.05) is 12.6 Å². The van der Waals surface area contributed by atoms with Gasteiger partial charge in [-0.05, 0) is 25.3 Å². The SMILES string of the molecule is NNC(=O)C1CC2CCN1CC2N. The van der Waals surface area contributed by atoms with Crippen molar-refractivity contribution in [3.05, 3.63) is 0 Å². The highest BCUT2D eigenvalue weighted by Crippen LogP contribution is 2.31. The van der Waals surface area contributed by atoms with Gasteiger partial charge in [-0.1, -0.05) is 0 Å². The van der Waals surface area contributed by atoms with E-state index in [1.165, 1.54) is 0 Å². The van der Waals surface area contributed by atoms with E-state index in [0.29, 0.717) is 5.92 Å². The fraction of sp³-hybridized carbons (Fsp3) is 0.875. The average Bonchev–Trinajstić information content (AvgIpc) is 2.17. The van der Waals surface area contributed by atoms with Crippen molar-refractivity contribution in [1.29, 1.82) is 0 Å². The Morgan fingerprint density at radius 3 is 2.77 bits per heavy atom. The molecule has 0 saturated carbocycles. The Balaban J connectivity index is 2.06. The fourth-order valence-corrected chi connectivity index (χ4v) is 2.44. The number of nitrogens with two attached hydrogens (primary N) is 2. The van der Waals surface area contributed by atoms with Crippen LogP contribution in [0.2, 0.25) is 0 Å². The van der Waals surface area contributed by atoms with E-state index in [9.17, 15) is 4.79 Å². The summed E-state index contributed by atoms with van der Waals surface area (Å²) < 4.78 is 0. The number of carbonyl (C=O) groups is 1. The zero-order valence-corrected chi connectivity index (χ0v) is 7.57. The maximum atomic E-state index is 11.3. The second-order valence-corrected chi connectivity index (χ2v) is 3.97. The molecule has 3 saturated heterocycles. The lowest BCUT2D eigenvalue weighted by atomic mass is 9.80. The third kappa shape index (κ3) is 1.43. The molecule has 4 unspecified atom stereocenters. The van der Waals surface area contributed by atoms with Crippen molar-refractivity contribution in [2.45, 2.75) is 24.9 Å². The minimum atomic E-state index is -0.0726. The minimum absolute atomic E-state index is 0.0384. The molecule has 0 aromatic carbocycles. The Hall–Kier alpha value is -0.650. The zero-order valence-electron chi connectivity index (χ0n) is 7.57. The van der Waals surface area contributed by atoms with Crippen molar-refractivity contribution < 1.29 is 4.79 Å². The molecule has 0 aromatic heterocycles. The summed E-state index contributed by atoms with van der Waals surface area (Å²) in [5, 5.41) is 0. The van der Waals surface area contributed by atoms with Crippen LogP contribution in [0.5, 0.6) is 0 Å². The summed E-state index contributed by atoms with van der Waals surface area (Å²) >= 11 is 0. The van der Waals surface area contributed by atoms with Crippen LogP contribution >= 0.6 is 0 Å². The van der Waals surface area contributed by atoms with Crippen molar-refractivity contribution in [1.82, 2.24) is 10.3 Å². The maximum Gasteiger partial charge on any atom is 0.251 e. The van der Waals surface area contributed by atoms with Gasteiger partial charge in [-0.15, -0.1) is 0 Å². The first-order valence-electron chi connectivity index (χ1n) is 4.72. The number of carbonyl (C=O) groups excluding carboxylic acids is 1. The first-order valence-corrected chi connectivity index (χ1v) is 4.72. The van der Waals surface area contributed by atoms with E-state index >= 15 is 0 Å². The number of piperidine rings is 3. The topological polar surface area (TPSA) is 84.4 Å². The van der Waals surface area contributed by atoms with E-state index < -0.39 is 0 Å². The number of nitrogens with one attached hydrogen (secondary N) is 1. The van der Waals surface area contributed by atoms with Crippen LogP contribution in [0.15, 0.2) is 0 Å². The molecule has 3 heterocycles. The van der Waals surface area contributed by atoms with Gasteiger partial charge in [0.2, 0.25) is 0 Å². The molecule has 3 aliphatic rings. The molecule has 0 aromatic rings.